The van der Waals surface area contributed by atoms with Gasteiger partial charge in [-0.15, -0.1) is 0 Å². The number of ether oxygens (including phenoxy) is 1. The quantitative estimate of drug-likeness (QED) is 0.336. The monoisotopic (exact) mass is 579 g/mol. The first-order chi connectivity index (χ1) is 19.2. The number of benzene rings is 3. The summed E-state index contributed by atoms with van der Waals surface area (Å²) in [6.45, 7) is 11.0. The lowest BCUT2D eigenvalue weighted by Crippen LogP contribution is -2.55. The molecule has 1 N–H and O–H groups in total. The molecule has 0 fully saturated rings. The molecule has 0 radical (unpaired) electrons. The Morgan fingerprint density at radius 1 is 0.927 bits per heavy atom. The van der Waals surface area contributed by atoms with Crippen LogP contribution >= 0.6 is 0 Å². The number of hydrogen-bond acceptors (Lipinski definition) is 5. The number of sulfonamides is 1. The minimum Gasteiger partial charge on any atom is -0.497 e. The Morgan fingerprint density at radius 2 is 1.51 bits per heavy atom. The lowest BCUT2D eigenvalue weighted by molar-refractivity contribution is -0.141. The molecule has 0 aromatic heterocycles. The molecule has 3 aromatic rings. The first-order valence-corrected chi connectivity index (χ1v) is 15.1. The van der Waals surface area contributed by atoms with E-state index >= 15 is 0 Å². The first kappa shape index (κ1) is 31.7. The summed E-state index contributed by atoms with van der Waals surface area (Å²) in [6.07, 6.45) is 0.351. The van der Waals surface area contributed by atoms with Crippen molar-refractivity contribution in [3.8, 4) is 5.75 Å². The zero-order chi connectivity index (χ0) is 30.4. The van der Waals surface area contributed by atoms with Crippen molar-refractivity contribution in [2.75, 3.05) is 18.0 Å². The van der Waals surface area contributed by atoms with Crippen molar-refractivity contribution >= 4 is 27.5 Å². The molecule has 0 saturated carbocycles. The maximum atomic E-state index is 14.2. The number of nitrogens with zero attached hydrogens (tertiary/aromatic N) is 2. The summed E-state index contributed by atoms with van der Waals surface area (Å²) < 4.78 is 34.4. The minimum absolute atomic E-state index is 0.0568. The maximum Gasteiger partial charge on any atom is 0.264 e. The number of amides is 2. The fourth-order valence-corrected chi connectivity index (χ4v) is 5.80. The van der Waals surface area contributed by atoms with E-state index in [0.29, 0.717) is 12.2 Å². The normalized spacial score (nSPS) is 12.4. The Balaban J connectivity index is 2.09. The lowest BCUT2D eigenvalue weighted by Gasteiger charge is -2.34. The summed E-state index contributed by atoms with van der Waals surface area (Å²) in [7, 11) is -2.66. The molecule has 1 unspecified atom stereocenters. The van der Waals surface area contributed by atoms with Crippen molar-refractivity contribution in [2.24, 2.45) is 0 Å². The topological polar surface area (TPSA) is 96.0 Å². The smallest absolute Gasteiger partial charge is 0.264 e. The summed E-state index contributed by atoms with van der Waals surface area (Å²) in [5.41, 5.74) is 2.58. The van der Waals surface area contributed by atoms with Gasteiger partial charge in [-0.25, -0.2) is 8.42 Å². The highest BCUT2D eigenvalue weighted by Gasteiger charge is 2.34. The second kappa shape index (κ2) is 13.2. The largest absolute Gasteiger partial charge is 0.497 e. The summed E-state index contributed by atoms with van der Waals surface area (Å²) in [6, 6.07) is 20.0. The SMILES string of the molecule is CCC(C(=O)NC(C)(C)C)N(Cc1ccc(C)cc1)C(=O)CN(c1cccc(OC)c1)S(=O)(=O)c1ccc(C)cc1. The molecule has 0 saturated heterocycles. The third-order valence-corrected chi connectivity index (χ3v) is 8.37. The van der Waals surface area contributed by atoms with Crippen LogP contribution in [-0.2, 0) is 26.2 Å². The third-order valence-electron chi connectivity index (χ3n) is 6.59. The van der Waals surface area contributed by atoms with Crippen LogP contribution in [0.1, 0.15) is 50.8 Å². The fraction of sp³-hybridized carbons (Fsp3) is 0.375. The van der Waals surface area contributed by atoms with Crippen LogP contribution in [0.3, 0.4) is 0 Å². The third kappa shape index (κ3) is 8.33. The average Bonchev–Trinajstić information content (AvgIpc) is 2.91. The Labute approximate surface area is 244 Å². The molecule has 220 valence electrons. The van der Waals surface area contributed by atoms with Crippen LogP contribution in [0.15, 0.2) is 77.7 Å². The summed E-state index contributed by atoms with van der Waals surface area (Å²) >= 11 is 0. The van der Waals surface area contributed by atoms with Gasteiger partial charge in [-0.05, 0) is 70.9 Å². The van der Waals surface area contributed by atoms with E-state index in [1.807, 2.05) is 65.8 Å². The van der Waals surface area contributed by atoms with Crippen molar-refractivity contribution in [1.82, 2.24) is 10.2 Å². The van der Waals surface area contributed by atoms with E-state index in [2.05, 4.69) is 5.32 Å². The molecule has 0 spiro atoms. The highest BCUT2D eigenvalue weighted by atomic mass is 32.2. The standard InChI is InChI=1S/C32H41N3O5S/c1-8-29(31(37)33-32(4,5)6)34(21-25-16-12-23(2)13-17-25)30(36)22-35(26-10-9-11-27(20-26)40-7)41(38,39)28-18-14-24(3)15-19-28/h9-20,29H,8,21-22H2,1-7H3,(H,33,37). The number of methoxy groups -OCH3 is 1. The van der Waals surface area contributed by atoms with Gasteiger partial charge < -0.3 is 15.0 Å². The van der Waals surface area contributed by atoms with Gasteiger partial charge in [0.15, 0.2) is 0 Å². The maximum absolute atomic E-state index is 14.2. The molecule has 1 atom stereocenters. The predicted octanol–water partition coefficient (Wildman–Crippen LogP) is 5.23. The van der Waals surface area contributed by atoms with Gasteiger partial charge in [-0.1, -0.05) is 60.5 Å². The number of hydrogen-bond donors (Lipinski definition) is 1. The van der Waals surface area contributed by atoms with Crippen LogP contribution in [0.25, 0.3) is 0 Å². The summed E-state index contributed by atoms with van der Waals surface area (Å²) in [5, 5.41) is 2.98. The van der Waals surface area contributed by atoms with E-state index in [0.717, 1.165) is 21.0 Å². The first-order valence-electron chi connectivity index (χ1n) is 13.7. The van der Waals surface area contributed by atoms with Crippen LogP contribution in [0.5, 0.6) is 5.75 Å². The van der Waals surface area contributed by atoms with Crippen molar-refractivity contribution in [3.63, 3.8) is 0 Å². The van der Waals surface area contributed by atoms with E-state index in [1.165, 1.54) is 24.1 Å². The second-order valence-corrected chi connectivity index (χ2v) is 13.1. The van der Waals surface area contributed by atoms with Crippen molar-refractivity contribution in [3.05, 3.63) is 89.5 Å². The van der Waals surface area contributed by atoms with Crippen LogP contribution in [0, 0.1) is 13.8 Å². The Bertz CT molecular complexity index is 1450. The summed E-state index contributed by atoms with van der Waals surface area (Å²) in [5.74, 6) is -0.346. The second-order valence-electron chi connectivity index (χ2n) is 11.2. The van der Waals surface area contributed by atoms with Gasteiger partial charge in [0.25, 0.3) is 10.0 Å². The van der Waals surface area contributed by atoms with Gasteiger partial charge in [0, 0.05) is 18.2 Å². The van der Waals surface area contributed by atoms with E-state index in [4.69, 9.17) is 4.74 Å². The zero-order valence-corrected chi connectivity index (χ0v) is 25.8. The number of anilines is 1. The van der Waals surface area contributed by atoms with Gasteiger partial charge in [-0.2, -0.15) is 0 Å². The molecule has 3 rings (SSSR count). The van der Waals surface area contributed by atoms with Crippen LogP contribution in [0.4, 0.5) is 5.69 Å². The fourth-order valence-electron chi connectivity index (χ4n) is 4.39. The van der Waals surface area contributed by atoms with E-state index in [9.17, 15) is 18.0 Å². The molecular formula is C32H41N3O5S. The van der Waals surface area contributed by atoms with Gasteiger partial charge in [0.1, 0.15) is 18.3 Å². The lowest BCUT2D eigenvalue weighted by atomic mass is 10.1. The molecule has 0 bridgehead atoms. The van der Waals surface area contributed by atoms with Gasteiger partial charge in [0.2, 0.25) is 11.8 Å². The number of rotatable bonds is 11. The van der Waals surface area contributed by atoms with E-state index < -0.39 is 34.1 Å². The molecule has 0 heterocycles. The van der Waals surface area contributed by atoms with Crippen molar-refractivity contribution < 1.29 is 22.7 Å². The highest BCUT2D eigenvalue weighted by Crippen LogP contribution is 2.28. The molecule has 8 nitrogen and oxygen atoms in total. The van der Waals surface area contributed by atoms with Crippen molar-refractivity contribution in [1.29, 1.82) is 0 Å². The number of nitrogens with one attached hydrogen (secondary N) is 1. The molecule has 3 aromatic carbocycles. The minimum atomic E-state index is -4.15. The van der Waals surface area contributed by atoms with Gasteiger partial charge >= 0.3 is 0 Å². The average molecular weight is 580 g/mol. The summed E-state index contributed by atoms with van der Waals surface area (Å²) in [4.78, 5) is 29.1. The van der Waals surface area contributed by atoms with Crippen LogP contribution in [-0.4, -0.2) is 50.4 Å². The Morgan fingerprint density at radius 3 is 2.05 bits per heavy atom. The van der Waals surface area contributed by atoms with E-state index in [1.54, 1.807) is 36.4 Å². The van der Waals surface area contributed by atoms with E-state index in [-0.39, 0.29) is 23.0 Å². The molecule has 2 amide bonds. The number of carbonyl (C=O) groups excluding carboxylic acids is 2. The molecule has 41 heavy (non-hydrogen) atoms. The van der Waals surface area contributed by atoms with Crippen molar-refractivity contribution in [2.45, 2.75) is 71.0 Å². The molecule has 9 heteroatoms. The van der Waals surface area contributed by atoms with Crippen LogP contribution in [0.2, 0.25) is 0 Å². The van der Waals surface area contributed by atoms with Gasteiger partial charge in [-0.3, -0.25) is 13.9 Å². The molecule has 0 aliphatic heterocycles. The Hall–Kier alpha value is -3.85. The zero-order valence-electron chi connectivity index (χ0n) is 25.0. The van der Waals surface area contributed by atoms with Crippen LogP contribution < -0.4 is 14.4 Å². The number of aryl methyl sites for hydroxylation is 2. The highest BCUT2D eigenvalue weighted by molar-refractivity contribution is 7.92. The molecule has 0 aliphatic rings. The molecular weight excluding hydrogens is 538 g/mol. The Kier molecular flexibility index (Phi) is 10.2. The number of carbonyl (C=O) groups is 2. The molecule has 0 aliphatic carbocycles. The van der Waals surface area contributed by atoms with Gasteiger partial charge in [0.05, 0.1) is 17.7 Å². The predicted molar refractivity (Wildman–Crippen MR) is 162 cm³/mol.